The van der Waals surface area contributed by atoms with E-state index in [0.717, 1.165) is 98.7 Å². The largest absolute Gasteiger partial charge is 0.457 e. The molecule has 1 aliphatic rings. The molecular weight excluding hydrogens is 566 g/mol. The van der Waals surface area contributed by atoms with E-state index >= 15 is 0 Å². The highest BCUT2D eigenvalue weighted by atomic mass is 35.5. The van der Waals surface area contributed by atoms with Crippen LogP contribution in [0, 0.1) is 11.3 Å². The number of aromatic nitrogens is 3. The number of ether oxygens (including phenoxy) is 1. The lowest BCUT2D eigenvalue weighted by atomic mass is 9.94. The van der Waals surface area contributed by atoms with Crippen LogP contribution in [0.2, 0.25) is 5.02 Å². The number of benzene rings is 3. The zero-order valence-electron chi connectivity index (χ0n) is 25.5. The van der Waals surface area contributed by atoms with Gasteiger partial charge >= 0.3 is 0 Å². The van der Waals surface area contributed by atoms with Crippen molar-refractivity contribution in [3.63, 3.8) is 0 Å². The molecule has 6 nitrogen and oxygen atoms in total. The fourth-order valence-corrected chi connectivity index (χ4v) is 6.34. The minimum absolute atomic E-state index is 0.505. The Hall–Kier alpha value is -4.05. The standard InChI is InChI=1S/C37H40ClN5O/c1-2-3-6-37-40-35(27-43(37)32-10-14-34(15-11-32)44-33-12-8-31(38)9-13-33)29-17-22-41(23-18-29)20-4-5-21-42-24-19-30-25-28(26-39)7-16-36(30)42/h7-16,19,24-25,27,29H,2-6,17-18,20-23H2,1H3. The second kappa shape index (κ2) is 14.2. The molecule has 6 rings (SSSR count). The first-order chi connectivity index (χ1) is 21.6. The van der Waals surface area contributed by atoms with Crippen LogP contribution >= 0.6 is 11.6 Å². The molecule has 0 atom stereocenters. The van der Waals surface area contributed by atoms with Crippen molar-refractivity contribution in [1.29, 1.82) is 5.26 Å². The van der Waals surface area contributed by atoms with E-state index in [1.807, 2.05) is 48.5 Å². The molecule has 0 unspecified atom stereocenters. The number of aryl methyl sites for hydroxylation is 2. The van der Waals surface area contributed by atoms with E-state index in [9.17, 15) is 0 Å². The van der Waals surface area contributed by atoms with E-state index in [4.69, 9.17) is 26.6 Å². The number of hydrogen-bond donors (Lipinski definition) is 0. The average Bonchev–Trinajstić information content (AvgIpc) is 3.68. The van der Waals surface area contributed by atoms with E-state index in [2.05, 4.69) is 63.7 Å². The maximum atomic E-state index is 9.15. The predicted octanol–water partition coefficient (Wildman–Crippen LogP) is 9.15. The quantitative estimate of drug-likeness (QED) is 0.133. The van der Waals surface area contributed by atoms with Gasteiger partial charge in [0.2, 0.25) is 0 Å². The van der Waals surface area contributed by atoms with E-state index in [1.54, 1.807) is 0 Å². The van der Waals surface area contributed by atoms with Gasteiger partial charge in [-0.15, -0.1) is 0 Å². The molecule has 1 saturated heterocycles. The first-order valence-corrected chi connectivity index (χ1v) is 16.3. The van der Waals surface area contributed by atoms with E-state index in [-0.39, 0.29) is 0 Å². The normalized spacial score (nSPS) is 14.2. The SMILES string of the molecule is CCCCc1nc(C2CCN(CCCCn3ccc4cc(C#N)ccc43)CC2)cn1-c1ccc(Oc2ccc(Cl)cc2)cc1. The van der Waals surface area contributed by atoms with Gasteiger partial charge in [-0.25, -0.2) is 4.98 Å². The van der Waals surface area contributed by atoms with Gasteiger partial charge < -0.3 is 18.8 Å². The Morgan fingerprint density at radius 2 is 1.64 bits per heavy atom. The van der Waals surface area contributed by atoms with Gasteiger partial charge in [0.1, 0.15) is 17.3 Å². The van der Waals surface area contributed by atoms with Gasteiger partial charge in [0.25, 0.3) is 0 Å². The van der Waals surface area contributed by atoms with Crippen molar-refractivity contribution in [2.75, 3.05) is 19.6 Å². The molecular formula is C37H40ClN5O. The van der Waals surface area contributed by atoms with Gasteiger partial charge in [-0.05, 0) is 125 Å². The van der Waals surface area contributed by atoms with Crippen LogP contribution in [0.4, 0.5) is 0 Å². The second-order valence-corrected chi connectivity index (χ2v) is 12.3. The van der Waals surface area contributed by atoms with Crippen molar-refractivity contribution < 1.29 is 4.74 Å². The minimum Gasteiger partial charge on any atom is -0.457 e. The zero-order valence-corrected chi connectivity index (χ0v) is 26.2. The fourth-order valence-electron chi connectivity index (χ4n) is 6.22. The van der Waals surface area contributed by atoms with Crippen LogP contribution in [0.3, 0.4) is 0 Å². The van der Waals surface area contributed by atoms with Crippen LogP contribution in [-0.2, 0) is 13.0 Å². The van der Waals surface area contributed by atoms with Gasteiger partial charge in [-0.2, -0.15) is 5.26 Å². The van der Waals surface area contributed by atoms with E-state index in [1.165, 1.54) is 17.6 Å². The van der Waals surface area contributed by atoms with Crippen LogP contribution in [0.1, 0.15) is 68.4 Å². The Kier molecular flexibility index (Phi) is 9.65. The molecule has 0 N–H and O–H groups in total. The first kappa shape index (κ1) is 30.0. The van der Waals surface area contributed by atoms with Crippen molar-refractivity contribution in [3.05, 3.63) is 107 Å². The number of hydrogen-bond acceptors (Lipinski definition) is 4. The van der Waals surface area contributed by atoms with Crippen LogP contribution in [0.5, 0.6) is 11.5 Å². The monoisotopic (exact) mass is 605 g/mol. The number of nitrogens with zero attached hydrogens (tertiary/aromatic N) is 5. The van der Waals surface area contributed by atoms with Gasteiger partial charge in [-0.1, -0.05) is 24.9 Å². The molecule has 5 aromatic rings. The maximum absolute atomic E-state index is 9.15. The zero-order chi connectivity index (χ0) is 30.3. The summed E-state index contributed by atoms with van der Waals surface area (Å²) in [5, 5.41) is 11.0. The van der Waals surface area contributed by atoms with Crippen molar-refractivity contribution in [2.45, 2.75) is 64.3 Å². The van der Waals surface area contributed by atoms with Crippen LogP contribution < -0.4 is 4.74 Å². The summed E-state index contributed by atoms with van der Waals surface area (Å²) in [6.07, 6.45) is 12.3. The third-order valence-electron chi connectivity index (χ3n) is 8.75. The van der Waals surface area contributed by atoms with Crippen molar-refractivity contribution in [1.82, 2.24) is 19.0 Å². The number of nitriles is 1. The molecule has 44 heavy (non-hydrogen) atoms. The smallest absolute Gasteiger partial charge is 0.127 e. The van der Waals surface area contributed by atoms with Crippen molar-refractivity contribution >= 4 is 22.5 Å². The summed E-state index contributed by atoms with van der Waals surface area (Å²) in [6, 6.07) is 26.0. The first-order valence-electron chi connectivity index (χ1n) is 15.9. The van der Waals surface area contributed by atoms with Crippen molar-refractivity contribution in [3.8, 4) is 23.3 Å². The molecule has 1 fully saturated rings. The number of halogens is 1. The molecule has 3 aromatic carbocycles. The Labute approximate surface area is 265 Å². The van der Waals surface area contributed by atoms with Gasteiger partial charge in [0.05, 0.1) is 17.3 Å². The molecule has 0 saturated carbocycles. The summed E-state index contributed by atoms with van der Waals surface area (Å²) < 4.78 is 10.6. The number of rotatable bonds is 12. The molecule has 226 valence electrons. The molecule has 2 aromatic heterocycles. The summed E-state index contributed by atoms with van der Waals surface area (Å²) in [7, 11) is 0. The van der Waals surface area contributed by atoms with E-state index in [0.29, 0.717) is 10.9 Å². The molecule has 1 aliphatic heterocycles. The van der Waals surface area contributed by atoms with Gasteiger partial charge in [0, 0.05) is 52.9 Å². The molecule has 0 bridgehead atoms. The Morgan fingerprint density at radius 3 is 2.36 bits per heavy atom. The topological polar surface area (TPSA) is 59.0 Å². The maximum Gasteiger partial charge on any atom is 0.127 e. The summed E-state index contributed by atoms with van der Waals surface area (Å²) in [5.41, 5.74) is 4.29. The number of unbranched alkanes of at least 4 members (excludes halogenated alkanes) is 2. The van der Waals surface area contributed by atoms with Crippen LogP contribution in [-0.4, -0.2) is 38.7 Å². The molecule has 0 radical (unpaired) electrons. The minimum atomic E-state index is 0.505. The highest BCUT2D eigenvalue weighted by Crippen LogP contribution is 2.30. The average molecular weight is 606 g/mol. The number of likely N-dealkylation sites (tertiary alicyclic amines) is 1. The molecule has 3 heterocycles. The predicted molar refractivity (Wildman–Crippen MR) is 178 cm³/mol. The molecule has 0 aliphatic carbocycles. The molecule has 7 heteroatoms. The van der Waals surface area contributed by atoms with Gasteiger partial charge in [-0.3, -0.25) is 0 Å². The Bertz CT molecular complexity index is 1710. The lowest BCUT2D eigenvalue weighted by Gasteiger charge is -2.31. The Balaban J connectivity index is 1.02. The summed E-state index contributed by atoms with van der Waals surface area (Å²) in [4.78, 5) is 7.81. The second-order valence-electron chi connectivity index (χ2n) is 11.8. The Morgan fingerprint density at radius 1 is 0.909 bits per heavy atom. The highest BCUT2D eigenvalue weighted by Gasteiger charge is 2.24. The molecule has 0 spiro atoms. The highest BCUT2D eigenvalue weighted by molar-refractivity contribution is 6.30. The number of piperidine rings is 1. The fraction of sp³-hybridized carbons (Fsp3) is 0.351. The van der Waals surface area contributed by atoms with E-state index < -0.39 is 0 Å². The number of fused-ring (bicyclic) bond motifs is 1. The van der Waals surface area contributed by atoms with Gasteiger partial charge in [0.15, 0.2) is 0 Å². The summed E-state index contributed by atoms with van der Waals surface area (Å²) >= 11 is 6.01. The third-order valence-corrected chi connectivity index (χ3v) is 9.00. The summed E-state index contributed by atoms with van der Waals surface area (Å²) in [6.45, 7) is 6.64. The lowest BCUT2D eigenvalue weighted by Crippen LogP contribution is -2.33. The summed E-state index contributed by atoms with van der Waals surface area (Å²) in [5.74, 6) is 3.23. The molecule has 0 amide bonds. The van der Waals surface area contributed by atoms with Crippen molar-refractivity contribution in [2.24, 2.45) is 0 Å². The van der Waals surface area contributed by atoms with Crippen LogP contribution in [0.15, 0.2) is 85.2 Å². The van der Waals surface area contributed by atoms with Crippen LogP contribution in [0.25, 0.3) is 16.6 Å². The third kappa shape index (κ3) is 7.18. The number of imidazole rings is 1. The lowest BCUT2D eigenvalue weighted by molar-refractivity contribution is 0.206.